The maximum Gasteiger partial charge on any atom is 0.304 e. The number of anilines is 2. The molecule has 2 aromatic carbocycles. The molecule has 8 nitrogen and oxygen atoms in total. The lowest BCUT2D eigenvalue weighted by molar-refractivity contribution is -0.137. The lowest BCUT2D eigenvalue weighted by Gasteiger charge is -2.29. The predicted octanol–water partition coefficient (Wildman–Crippen LogP) is 6.23. The summed E-state index contributed by atoms with van der Waals surface area (Å²) >= 11 is 1.74. The minimum absolute atomic E-state index is 0.0150. The van der Waals surface area contributed by atoms with Gasteiger partial charge in [-0.25, -0.2) is 0 Å². The highest BCUT2D eigenvalue weighted by Gasteiger charge is 2.30. The molecular formula is C31H35N5O3S. The zero-order chi connectivity index (χ0) is 28.0. The molecule has 0 amide bonds. The summed E-state index contributed by atoms with van der Waals surface area (Å²) in [5.74, 6) is -0.234. The Morgan fingerprint density at radius 2 is 2.12 bits per heavy atom. The smallest absolute Gasteiger partial charge is 0.304 e. The van der Waals surface area contributed by atoms with E-state index in [0.29, 0.717) is 0 Å². The van der Waals surface area contributed by atoms with Gasteiger partial charge in [-0.05, 0) is 83.6 Å². The average molecular weight is 558 g/mol. The van der Waals surface area contributed by atoms with Gasteiger partial charge in [-0.15, -0.1) is 16.9 Å². The number of carbonyl (C=O) groups is 1. The fourth-order valence-electron chi connectivity index (χ4n) is 6.07. The van der Waals surface area contributed by atoms with Gasteiger partial charge in [0.05, 0.1) is 29.5 Å². The quantitative estimate of drug-likeness (QED) is 0.247. The number of nitrogens with one attached hydrogen (secondary N) is 2. The van der Waals surface area contributed by atoms with Crippen LogP contribution in [0.25, 0.3) is 10.1 Å². The van der Waals surface area contributed by atoms with Gasteiger partial charge < -0.3 is 15.3 Å². The highest BCUT2D eigenvalue weighted by atomic mass is 32.1. The Bertz CT molecular complexity index is 1570. The number of aromatic nitrogens is 1. The first-order valence-corrected chi connectivity index (χ1v) is 14.7. The Labute approximate surface area is 238 Å². The molecule has 0 radical (unpaired) electrons. The number of rotatable bonds is 7. The molecular weight excluding hydrogens is 522 g/mol. The molecule has 2 aromatic heterocycles. The summed E-state index contributed by atoms with van der Waals surface area (Å²) in [6.07, 6.45) is 2.82. The number of hydrogen-bond acceptors (Lipinski definition) is 8. The SMILES string of the molecule is CC[C@@H]1CN(Cc2cc(C(CC(=O)O)c3ccc4c(c3C)NNN4C)cc3ccsc23)[C@H](C)c2ncccc2O1. The van der Waals surface area contributed by atoms with E-state index in [9.17, 15) is 9.90 Å². The van der Waals surface area contributed by atoms with Crippen LogP contribution in [0.15, 0.2) is 54.0 Å². The maximum absolute atomic E-state index is 12.2. The number of carboxylic acid groups (broad SMARTS) is 1. The van der Waals surface area contributed by atoms with Gasteiger partial charge in [0.25, 0.3) is 0 Å². The van der Waals surface area contributed by atoms with Gasteiger partial charge in [-0.2, -0.15) is 0 Å². The summed E-state index contributed by atoms with van der Waals surface area (Å²) in [5.41, 5.74) is 13.7. The number of pyridine rings is 1. The van der Waals surface area contributed by atoms with Gasteiger partial charge in [-0.1, -0.05) is 19.1 Å². The van der Waals surface area contributed by atoms with E-state index in [1.165, 1.54) is 10.3 Å². The number of carboxylic acids is 1. The van der Waals surface area contributed by atoms with E-state index in [4.69, 9.17) is 9.72 Å². The molecule has 3 atom stereocenters. The van der Waals surface area contributed by atoms with Crippen molar-refractivity contribution in [3.63, 3.8) is 0 Å². The molecule has 0 saturated carbocycles. The van der Waals surface area contributed by atoms with Crippen molar-refractivity contribution in [1.29, 1.82) is 0 Å². The van der Waals surface area contributed by atoms with E-state index in [1.807, 2.05) is 30.4 Å². The second kappa shape index (κ2) is 10.7. The van der Waals surface area contributed by atoms with Crippen LogP contribution in [0.1, 0.15) is 66.6 Å². The van der Waals surface area contributed by atoms with Crippen LogP contribution in [0.2, 0.25) is 0 Å². The second-order valence-corrected chi connectivity index (χ2v) is 11.7. The first-order chi connectivity index (χ1) is 19.3. The molecule has 2 aliphatic rings. The molecule has 9 heteroatoms. The van der Waals surface area contributed by atoms with Crippen LogP contribution in [0, 0.1) is 6.92 Å². The fraction of sp³-hybridized carbons (Fsp3) is 0.355. The molecule has 0 spiro atoms. The molecule has 4 heterocycles. The Hall–Kier alpha value is -3.66. The van der Waals surface area contributed by atoms with Gasteiger partial charge in [0.2, 0.25) is 0 Å². The van der Waals surface area contributed by atoms with Crippen LogP contribution in [-0.2, 0) is 11.3 Å². The third-order valence-corrected chi connectivity index (χ3v) is 9.31. The molecule has 4 aromatic rings. The van der Waals surface area contributed by atoms with Crippen molar-refractivity contribution < 1.29 is 14.6 Å². The van der Waals surface area contributed by atoms with E-state index < -0.39 is 5.97 Å². The van der Waals surface area contributed by atoms with E-state index >= 15 is 0 Å². The summed E-state index contributed by atoms with van der Waals surface area (Å²) in [5, 5.41) is 15.2. The average Bonchev–Trinajstić information content (AvgIpc) is 3.55. The normalized spacial score (nSPS) is 19.4. The van der Waals surface area contributed by atoms with Crippen LogP contribution in [0.4, 0.5) is 11.4 Å². The number of ether oxygens (including phenoxy) is 1. The first-order valence-electron chi connectivity index (χ1n) is 13.8. The zero-order valence-electron chi connectivity index (χ0n) is 23.3. The number of hydrogen-bond donors (Lipinski definition) is 3. The summed E-state index contributed by atoms with van der Waals surface area (Å²) in [7, 11) is 1.95. The molecule has 0 fully saturated rings. The molecule has 0 saturated heterocycles. The summed E-state index contributed by atoms with van der Waals surface area (Å²) in [6, 6.07) is 14.7. The number of nitrogens with zero attached hydrogens (tertiary/aromatic N) is 3. The molecule has 1 unspecified atom stereocenters. The number of aliphatic carboxylic acids is 1. The molecule has 0 aliphatic carbocycles. The summed E-state index contributed by atoms with van der Waals surface area (Å²) in [6.45, 7) is 7.93. The highest BCUT2D eigenvalue weighted by Crippen LogP contribution is 2.42. The number of fused-ring (bicyclic) bond motifs is 3. The third kappa shape index (κ3) is 4.78. The number of hydrazine groups is 2. The van der Waals surface area contributed by atoms with Crippen LogP contribution in [0.3, 0.4) is 0 Å². The topological polar surface area (TPSA) is 90.0 Å². The van der Waals surface area contributed by atoms with Crippen molar-refractivity contribution in [2.75, 3.05) is 24.0 Å². The Balaban J connectivity index is 1.42. The van der Waals surface area contributed by atoms with E-state index in [2.05, 4.69) is 72.3 Å². The van der Waals surface area contributed by atoms with Crippen LogP contribution in [-0.4, -0.2) is 40.7 Å². The Morgan fingerprint density at radius 1 is 1.27 bits per heavy atom. The molecule has 0 bridgehead atoms. The maximum atomic E-state index is 12.2. The van der Waals surface area contributed by atoms with E-state index in [1.54, 1.807) is 11.3 Å². The first kappa shape index (κ1) is 26.6. The van der Waals surface area contributed by atoms with Gasteiger partial charge in [0, 0.05) is 37.0 Å². The molecule has 2 aliphatic heterocycles. The van der Waals surface area contributed by atoms with Crippen molar-refractivity contribution in [1.82, 2.24) is 15.4 Å². The van der Waals surface area contributed by atoms with Crippen molar-refractivity contribution in [2.45, 2.75) is 58.2 Å². The van der Waals surface area contributed by atoms with E-state index in [-0.39, 0.29) is 24.5 Å². The van der Waals surface area contributed by atoms with Crippen molar-refractivity contribution in [2.24, 2.45) is 0 Å². The zero-order valence-corrected chi connectivity index (χ0v) is 24.1. The van der Waals surface area contributed by atoms with Crippen LogP contribution < -0.4 is 20.7 Å². The molecule has 3 N–H and O–H groups in total. The summed E-state index contributed by atoms with van der Waals surface area (Å²) < 4.78 is 7.60. The largest absolute Gasteiger partial charge is 0.487 e. The van der Waals surface area contributed by atoms with Crippen LogP contribution in [0.5, 0.6) is 5.75 Å². The van der Waals surface area contributed by atoms with E-state index in [0.717, 1.165) is 64.4 Å². The molecule has 6 rings (SSSR count). The number of benzene rings is 2. The van der Waals surface area contributed by atoms with Gasteiger partial charge >= 0.3 is 5.97 Å². The monoisotopic (exact) mass is 557 g/mol. The number of thiophene rings is 1. The minimum Gasteiger partial charge on any atom is -0.487 e. The third-order valence-electron chi connectivity index (χ3n) is 8.31. The van der Waals surface area contributed by atoms with Gasteiger partial charge in [0.1, 0.15) is 11.9 Å². The van der Waals surface area contributed by atoms with Gasteiger partial charge in [0.15, 0.2) is 0 Å². The predicted molar refractivity (Wildman–Crippen MR) is 160 cm³/mol. The summed E-state index contributed by atoms with van der Waals surface area (Å²) in [4.78, 5) is 19.3. The fourth-order valence-corrected chi connectivity index (χ4v) is 6.96. The lowest BCUT2D eigenvalue weighted by Crippen LogP contribution is -2.34. The lowest BCUT2D eigenvalue weighted by atomic mass is 9.84. The second-order valence-electron chi connectivity index (χ2n) is 10.8. The highest BCUT2D eigenvalue weighted by molar-refractivity contribution is 7.17. The Kier molecular flexibility index (Phi) is 7.12. The minimum atomic E-state index is -0.813. The van der Waals surface area contributed by atoms with Gasteiger partial charge in [-0.3, -0.25) is 19.7 Å². The van der Waals surface area contributed by atoms with Crippen LogP contribution >= 0.6 is 11.3 Å². The molecule has 208 valence electrons. The molecule has 40 heavy (non-hydrogen) atoms. The van der Waals surface area contributed by atoms with Crippen molar-refractivity contribution >= 4 is 38.8 Å². The Morgan fingerprint density at radius 3 is 2.92 bits per heavy atom. The van der Waals surface area contributed by atoms with Crippen molar-refractivity contribution in [3.05, 3.63) is 82.0 Å². The standard InChI is InChI=1S/C31H35N5O3S/c1-5-23-17-36(19(3)30-27(39-23)7-6-11-32-30)16-22-14-21(13-20-10-12-40-31(20)22)25(15-28(37)38)24-8-9-26-29(18(24)2)33-34-35(26)4/h6-14,19,23,25,33-34H,5,15-17H2,1-4H3,(H,37,38)/t19-,23-,25?/m1/s1. The van der Waals surface area contributed by atoms with Crippen molar-refractivity contribution in [3.8, 4) is 5.75 Å².